The SMILES string of the molecule is CCN1CCN(CC(C)(C)NS(=O)(=O)c2cccs2)CC1. The Morgan fingerprint density at radius 2 is 1.86 bits per heavy atom. The van der Waals surface area contributed by atoms with Crippen molar-refractivity contribution in [2.45, 2.75) is 30.5 Å². The molecule has 120 valence electrons. The number of hydrogen-bond acceptors (Lipinski definition) is 5. The van der Waals surface area contributed by atoms with Crippen LogP contribution in [0, 0.1) is 0 Å². The summed E-state index contributed by atoms with van der Waals surface area (Å²) in [6, 6.07) is 3.40. The molecule has 21 heavy (non-hydrogen) atoms. The first-order valence-electron chi connectivity index (χ1n) is 7.34. The van der Waals surface area contributed by atoms with Gasteiger partial charge in [0, 0.05) is 38.3 Å². The van der Waals surface area contributed by atoms with Crippen LogP contribution in [0.3, 0.4) is 0 Å². The molecule has 1 fully saturated rings. The topological polar surface area (TPSA) is 52.6 Å². The monoisotopic (exact) mass is 331 g/mol. The summed E-state index contributed by atoms with van der Waals surface area (Å²) in [5, 5.41) is 1.78. The van der Waals surface area contributed by atoms with Crippen LogP contribution in [0.15, 0.2) is 21.7 Å². The maximum atomic E-state index is 12.3. The Balaban J connectivity index is 1.93. The van der Waals surface area contributed by atoms with Crippen molar-refractivity contribution in [3.05, 3.63) is 17.5 Å². The van der Waals surface area contributed by atoms with E-state index in [0.29, 0.717) is 4.21 Å². The standard InChI is InChI=1S/C14H25N3O2S2/c1-4-16-7-9-17(10-8-16)12-14(2,3)15-21(18,19)13-6-5-11-20-13/h5-6,11,15H,4,7-10,12H2,1-3H3. The lowest BCUT2D eigenvalue weighted by Crippen LogP contribution is -2.55. The third-order valence-corrected chi connectivity index (χ3v) is 6.80. The van der Waals surface area contributed by atoms with Crippen molar-refractivity contribution in [3.63, 3.8) is 0 Å². The lowest BCUT2D eigenvalue weighted by Gasteiger charge is -2.38. The highest BCUT2D eigenvalue weighted by Gasteiger charge is 2.29. The van der Waals surface area contributed by atoms with E-state index in [-0.39, 0.29) is 0 Å². The molecule has 5 nitrogen and oxygen atoms in total. The summed E-state index contributed by atoms with van der Waals surface area (Å²) in [5.74, 6) is 0. The minimum Gasteiger partial charge on any atom is -0.301 e. The summed E-state index contributed by atoms with van der Waals surface area (Å²) >= 11 is 1.25. The van der Waals surface area contributed by atoms with Gasteiger partial charge in [-0.1, -0.05) is 13.0 Å². The number of nitrogens with zero attached hydrogens (tertiary/aromatic N) is 2. The molecule has 1 aromatic heterocycles. The van der Waals surface area contributed by atoms with Crippen LogP contribution in [0.5, 0.6) is 0 Å². The number of likely N-dealkylation sites (N-methyl/N-ethyl adjacent to an activating group) is 1. The number of piperazine rings is 1. The molecule has 1 N–H and O–H groups in total. The van der Waals surface area contributed by atoms with Gasteiger partial charge in [-0.15, -0.1) is 11.3 Å². The molecule has 0 saturated carbocycles. The van der Waals surface area contributed by atoms with Gasteiger partial charge in [0.2, 0.25) is 0 Å². The van der Waals surface area contributed by atoms with Crippen molar-refractivity contribution in [2.75, 3.05) is 39.3 Å². The van der Waals surface area contributed by atoms with Gasteiger partial charge in [0.25, 0.3) is 10.0 Å². The van der Waals surface area contributed by atoms with Gasteiger partial charge in [0.15, 0.2) is 0 Å². The molecule has 0 aromatic carbocycles. The Labute approximate surface area is 132 Å². The van der Waals surface area contributed by atoms with Crippen molar-refractivity contribution in [1.29, 1.82) is 0 Å². The predicted octanol–water partition coefficient (Wildman–Crippen LogP) is 1.44. The highest BCUT2D eigenvalue weighted by molar-refractivity contribution is 7.91. The van der Waals surface area contributed by atoms with Crippen LogP contribution in [-0.2, 0) is 10.0 Å². The number of thiophene rings is 1. The van der Waals surface area contributed by atoms with Crippen LogP contribution in [0.4, 0.5) is 0 Å². The van der Waals surface area contributed by atoms with E-state index in [1.165, 1.54) is 11.3 Å². The molecule has 0 aliphatic carbocycles. The van der Waals surface area contributed by atoms with Crippen LogP contribution < -0.4 is 4.72 Å². The van der Waals surface area contributed by atoms with E-state index in [1.807, 2.05) is 13.8 Å². The number of hydrogen-bond donors (Lipinski definition) is 1. The van der Waals surface area contributed by atoms with Crippen molar-refractivity contribution in [3.8, 4) is 0 Å². The van der Waals surface area contributed by atoms with E-state index in [9.17, 15) is 8.42 Å². The molecule has 0 spiro atoms. The third kappa shape index (κ3) is 4.75. The summed E-state index contributed by atoms with van der Waals surface area (Å²) < 4.78 is 27.9. The minimum atomic E-state index is -3.41. The molecule has 0 bridgehead atoms. The van der Waals surface area contributed by atoms with Crippen LogP contribution >= 0.6 is 11.3 Å². The molecule has 0 radical (unpaired) electrons. The molecule has 1 aliphatic rings. The van der Waals surface area contributed by atoms with Gasteiger partial charge in [0.05, 0.1) is 0 Å². The Kier molecular flexibility index (Phi) is 5.43. The maximum absolute atomic E-state index is 12.3. The van der Waals surface area contributed by atoms with Crippen molar-refractivity contribution in [1.82, 2.24) is 14.5 Å². The van der Waals surface area contributed by atoms with Gasteiger partial charge in [-0.3, -0.25) is 4.90 Å². The van der Waals surface area contributed by atoms with E-state index in [1.54, 1.807) is 17.5 Å². The second kappa shape index (κ2) is 6.75. The van der Waals surface area contributed by atoms with E-state index in [0.717, 1.165) is 39.3 Å². The van der Waals surface area contributed by atoms with Gasteiger partial charge in [-0.2, -0.15) is 0 Å². The average Bonchev–Trinajstić information content (AvgIpc) is 2.92. The van der Waals surface area contributed by atoms with E-state index in [4.69, 9.17) is 0 Å². The number of sulfonamides is 1. The first-order valence-corrected chi connectivity index (χ1v) is 9.71. The first kappa shape index (κ1) is 16.9. The number of rotatable bonds is 6. The zero-order chi connectivity index (χ0) is 15.5. The molecule has 1 aromatic rings. The molecule has 0 amide bonds. The fourth-order valence-corrected chi connectivity index (χ4v) is 5.08. The molecule has 2 rings (SSSR count). The maximum Gasteiger partial charge on any atom is 0.250 e. The van der Waals surface area contributed by atoms with Gasteiger partial charge >= 0.3 is 0 Å². The highest BCUT2D eigenvalue weighted by Crippen LogP contribution is 2.19. The van der Waals surface area contributed by atoms with E-state index in [2.05, 4.69) is 21.4 Å². The largest absolute Gasteiger partial charge is 0.301 e. The minimum absolute atomic E-state index is 0.381. The Morgan fingerprint density at radius 3 is 2.38 bits per heavy atom. The predicted molar refractivity (Wildman–Crippen MR) is 87.3 cm³/mol. The van der Waals surface area contributed by atoms with Gasteiger partial charge in [-0.25, -0.2) is 13.1 Å². The average molecular weight is 332 g/mol. The second-order valence-corrected chi connectivity index (χ2v) is 8.99. The zero-order valence-corrected chi connectivity index (χ0v) is 14.6. The summed E-state index contributed by atoms with van der Waals surface area (Å²) in [5.41, 5.74) is -0.475. The summed E-state index contributed by atoms with van der Waals surface area (Å²) in [4.78, 5) is 4.75. The molecule has 2 heterocycles. The molecular formula is C14H25N3O2S2. The second-order valence-electron chi connectivity index (χ2n) is 6.13. The molecule has 1 saturated heterocycles. The fourth-order valence-electron chi connectivity index (χ4n) is 2.69. The normalized spacial score (nSPS) is 19.0. The van der Waals surface area contributed by atoms with E-state index >= 15 is 0 Å². The lowest BCUT2D eigenvalue weighted by molar-refractivity contribution is 0.117. The van der Waals surface area contributed by atoms with Crippen molar-refractivity contribution >= 4 is 21.4 Å². The zero-order valence-electron chi connectivity index (χ0n) is 13.0. The Hall–Kier alpha value is -0.470. The molecule has 0 atom stereocenters. The first-order chi connectivity index (χ1) is 9.82. The van der Waals surface area contributed by atoms with Crippen LogP contribution in [0.2, 0.25) is 0 Å². The Morgan fingerprint density at radius 1 is 1.24 bits per heavy atom. The highest BCUT2D eigenvalue weighted by atomic mass is 32.2. The van der Waals surface area contributed by atoms with Gasteiger partial charge in [0.1, 0.15) is 4.21 Å². The van der Waals surface area contributed by atoms with Gasteiger partial charge in [-0.05, 0) is 31.8 Å². The lowest BCUT2D eigenvalue weighted by atomic mass is 10.1. The quantitative estimate of drug-likeness (QED) is 0.857. The van der Waals surface area contributed by atoms with Gasteiger partial charge < -0.3 is 4.90 Å². The fraction of sp³-hybridized carbons (Fsp3) is 0.714. The van der Waals surface area contributed by atoms with Crippen LogP contribution in [0.1, 0.15) is 20.8 Å². The molecule has 0 unspecified atom stereocenters. The summed E-state index contributed by atoms with van der Waals surface area (Å²) in [6.45, 7) is 12.0. The van der Waals surface area contributed by atoms with Crippen LogP contribution in [-0.4, -0.2) is 63.0 Å². The van der Waals surface area contributed by atoms with Crippen LogP contribution in [0.25, 0.3) is 0 Å². The summed E-state index contributed by atoms with van der Waals surface area (Å²) in [7, 11) is -3.41. The van der Waals surface area contributed by atoms with E-state index < -0.39 is 15.6 Å². The number of nitrogens with one attached hydrogen (secondary N) is 1. The molecular weight excluding hydrogens is 306 g/mol. The Bertz CT molecular complexity index is 533. The smallest absolute Gasteiger partial charge is 0.250 e. The van der Waals surface area contributed by atoms with Crippen molar-refractivity contribution < 1.29 is 8.42 Å². The third-order valence-electron chi connectivity index (χ3n) is 3.70. The molecule has 1 aliphatic heterocycles. The molecule has 7 heteroatoms. The van der Waals surface area contributed by atoms with Crippen molar-refractivity contribution in [2.24, 2.45) is 0 Å². The summed E-state index contributed by atoms with van der Waals surface area (Å²) in [6.07, 6.45) is 0.